The van der Waals surface area contributed by atoms with E-state index < -0.39 is 0 Å². The highest BCUT2D eigenvalue weighted by molar-refractivity contribution is 5.02. The molecule has 2 rings (SSSR count). The number of rotatable bonds is 6. The van der Waals surface area contributed by atoms with E-state index in [0.717, 1.165) is 24.8 Å². The number of fused-ring (bicyclic) bond motifs is 1. The molecule has 0 aromatic carbocycles. The average molecular weight is 263 g/mol. The Morgan fingerprint density at radius 3 is 2.79 bits per heavy atom. The molecule has 3 unspecified atom stereocenters. The molecule has 0 radical (unpaired) electrons. The highest BCUT2D eigenvalue weighted by Crippen LogP contribution is 2.36. The third kappa shape index (κ3) is 3.70. The number of nitriles is 1. The summed E-state index contributed by atoms with van der Waals surface area (Å²) in [5.74, 6) is 0.996. The SMILES string of the molecule is CNC(C)(C#N)CCCCN1CCC2CCCCC21. The van der Waals surface area contributed by atoms with Gasteiger partial charge in [-0.25, -0.2) is 0 Å². The highest BCUT2D eigenvalue weighted by atomic mass is 15.2. The van der Waals surface area contributed by atoms with Crippen LogP contribution in [0, 0.1) is 17.2 Å². The first-order valence-corrected chi connectivity index (χ1v) is 8.03. The van der Waals surface area contributed by atoms with Crippen LogP contribution in [0.15, 0.2) is 0 Å². The summed E-state index contributed by atoms with van der Waals surface area (Å²) in [6.45, 7) is 4.56. The molecule has 3 nitrogen and oxygen atoms in total. The van der Waals surface area contributed by atoms with Crippen molar-refractivity contribution in [3.8, 4) is 6.07 Å². The molecular weight excluding hydrogens is 234 g/mol. The van der Waals surface area contributed by atoms with E-state index in [-0.39, 0.29) is 5.54 Å². The van der Waals surface area contributed by atoms with E-state index in [9.17, 15) is 0 Å². The fourth-order valence-electron chi connectivity index (χ4n) is 3.81. The zero-order valence-corrected chi connectivity index (χ0v) is 12.6. The van der Waals surface area contributed by atoms with E-state index >= 15 is 0 Å². The molecule has 2 aliphatic rings. The lowest BCUT2D eigenvalue weighted by atomic mass is 9.85. The molecule has 0 spiro atoms. The summed E-state index contributed by atoms with van der Waals surface area (Å²) in [5, 5.41) is 12.3. The molecule has 2 fully saturated rings. The number of hydrogen-bond donors (Lipinski definition) is 1. The molecule has 0 aromatic rings. The summed E-state index contributed by atoms with van der Waals surface area (Å²) in [6, 6.07) is 3.27. The Morgan fingerprint density at radius 1 is 1.26 bits per heavy atom. The highest BCUT2D eigenvalue weighted by Gasteiger charge is 2.35. The smallest absolute Gasteiger partial charge is 0.103 e. The second-order valence-corrected chi connectivity index (χ2v) is 6.59. The van der Waals surface area contributed by atoms with Crippen molar-refractivity contribution in [2.24, 2.45) is 5.92 Å². The number of nitrogens with zero attached hydrogens (tertiary/aromatic N) is 2. The van der Waals surface area contributed by atoms with E-state index in [2.05, 4.69) is 16.3 Å². The van der Waals surface area contributed by atoms with Crippen molar-refractivity contribution in [3.63, 3.8) is 0 Å². The van der Waals surface area contributed by atoms with Crippen LogP contribution < -0.4 is 5.32 Å². The zero-order valence-electron chi connectivity index (χ0n) is 12.6. The van der Waals surface area contributed by atoms with Gasteiger partial charge in [0.05, 0.1) is 6.07 Å². The number of unbranched alkanes of at least 4 members (excludes halogenated alkanes) is 1. The molecule has 19 heavy (non-hydrogen) atoms. The molecule has 0 amide bonds. The van der Waals surface area contributed by atoms with E-state index in [1.54, 1.807) is 0 Å². The lowest BCUT2D eigenvalue weighted by molar-refractivity contribution is 0.178. The third-order valence-corrected chi connectivity index (χ3v) is 5.30. The van der Waals surface area contributed by atoms with Crippen LogP contribution in [0.4, 0.5) is 0 Å². The van der Waals surface area contributed by atoms with Crippen LogP contribution in [0.25, 0.3) is 0 Å². The maximum atomic E-state index is 9.13. The van der Waals surface area contributed by atoms with Crippen molar-refractivity contribution in [1.82, 2.24) is 10.2 Å². The topological polar surface area (TPSA) is 39.1 Å². The van der Waals surface area contributed by atoms with E-state index in [1.807, 2.05) is 14.0 Å². The van der Waals surface area contributed by atoms with Crippen LogP contribution in [-0.4, -0.2) is 36.6 Å². The maximum Gasteiger partial charge on any atom is 0.103 e. The van der Waals surface area contributed by atoms with Gasteiger partial charge in [0, 0.05) is 6.04 Å². The van der Waals surface area contributed by atoms with Gasteiger partial charge in [0.2, 0.25) is 0 Å². The van der Waals surface area contributed by atoms with Crippen LogP contribution in [0.3, 0.4) is 0 Å². The Labute approximate surface area is 118 Å². The normalized spacial score (nSPS) is 30.6. The second-order valence-electron chi connectivity index (χ2n) is 6.59. The maximum absolute atomic E-state index is 9.13. The molecule has 1 aliphatic heterocycles. The van der Waals surface area contributed by atoms with Crippen molar-refractivity contribution in [2.45, 2.75) is 69.9 Å². The Morgan fingerprint density at radius 2 is 2.05 bits per heavy atom. The van der Waals surface area contributed by atoms with Gasteiger partial charge in [-0.3, -0.25) is 0 Å². The summed E-state index contributed by atoms with van der Waals surface area (Å²) in [5.41, 5.74) is -0.335. The average Bonchev–Trinajstić information content (AvgIpc) is 2.87. The molecule has 0 bridgehead atoms. The Kier molecular flexibility index (Phi) is 5.24. The first-order chi connectivity index (χ1) is 9.18. The van der Waals surface area contributed by atoms with Crippen LogP contribution in [-0.2, 0) is 0 Å². The van der Waals surface area contributed by atoms with E-state index in [1.165, 1.54) is 51.6 Å². The van der Waals surface area contributed by atoms with Crippen molar-refractivity contribution >= 4 is 0 Å². The van der Waals surface area contributed by atoms with Gasteiger partial charge < -0.3 is 10.2 Å². The Balaban J connectivity index is 1.68. The van der Waals surface area contributed by atoms with Gasteiger partial charge in [-0.05, 0) is 71.5 Å². The molecule has 1 aliphatic carbocycles. The predicted octanol–water partition coefficient (Wildman–Crippen LogP) is 2.92. The van der Waals surface area contributed by atoms with Gasteiger partial charge >= 0.3 is 0 Å². The molecule has 1 saturated carbocycles. The molecule has 1 heterocycles. The monoisotopic (exact) mass is 263 g/mol. The quantitative estimate of drug-likeness (QED) is 0.749. The van der Waals surface area contributed by atoms with Gasteiger partial charge in [0.1, 0.15) is 5.54 Å². The molecule has 3 heteroatoms. The lowest BCUT2D eigenvalue weighted by Gasteiger charge is -2.32. The van der Waals surface area contributed by atoms with Gasteiger partial charge in [-0.1, -0.05) is 12.8 Å². The first kappa shape index (κ1) is 14.8. The molecule has 108 valence electrons. The van der Waals surface area contributed by atoms with Crippen molar-refractivity contribution < 1.29 is 0 Å². The summed E-state index contributed by atoms with van der Waals surface area (Å²) < 4.78 is 0. The van der Waals surface area contributed by atoms with Gasteiger partial charge in [0.15, 0.2) is 0 Å². The van der Waals surface area contributed by atoms with E-state index in [0.29, 0.717) is 0 Å². The van der Waals surface area contributed by atoms with Crippen LogP contribution in [0.1, 0.15) is 58.3 Å². The second kappa shape index (κ2) is 6.72. The van der Waals surface area contributed by atoms with Gasteiger partial charge in [0.25, 0.3) is 0 Å². The van der Waals surface area contributed by atoms with Gasteiger partial charge in [-0.2, -0.15) is 5.26 Å². The van der Waals surface area contributed by atoms with Crippen molar-refractivity contribution in [2.75, 3.05) is 20.1 Å². The van der Waals surface area contributed by atoms with Crippen molar-refractivity contribution in [1.29, 1.82) is 5.26 Å². The summed E-state index contributed by atoms with van der Waals surface area (Å²) >= 11 is 0. The minimum Gasteiger partial charge on any atom is -0.303 e. The summed E-state index contributed by atoms with van der Waals surface area (Å²) in [4.78, 5) is 2.73. The molecule has 0 aromatic heterocycles. The first-order valence-electron chi connectivity index (χ1n) is 8.03. The minimum atomic E-state index is -0.335. The zero-order chi connectivity index (χ0) is 13.7. The fraction of sp³-hybridized carbons (Fsp3) is 0.938. The van der Waals surface area contributed by atoms with Crippen molar-refractivity contribution in [3.05, 3.63) is 0 Å². The molecule has 3 atom stereocenters. The van der Waals surface area contributed by atoms with Crippen LogP contribution >= 0.6 is 0 Å². The Bertz CT molecular complexity index is 322. The molecule has 1 N–H and O–H groups in total. The van der Waals surface area contributed by atoms with Crippen LogP contribution in [0.2, 0.25) is 0 Å². The summed E-state index contributed by atoms with van der Waals surface area (Å²) in [7, 11) is 1.89. The summed E-state index contributed by atoms with van der Waals surface area (Å²) in [6.07, 6.45) is 10.6. The third-order valence-electron chi connectivity index (χ3n) is 5.30. The van der Waals surface area contributed by atoms with E-state index in [4.69, 9.17) is 5.26 Å². The number of nitrogens with one attached hydrogen (secondary N) is 1. The fourth-order valence-corrected chi connectivity index (χ4v) is 3.81. The largest absolute Gasteiger partial charge is 0.303 e. The molecule has 1 saturated heterocycles. The number of likely N-dealkylation sites (tertiary alicyclic amines) is 1. The van der Waals surface area contributed by atoms with Crippen LogP contribution in [0.5, 0.6) is 0 Å². The Hall–Kier alpha value is -0.590. The lowest BCUT2D eigenvalue weighted by Crippen LogP contribution is -2.38. The standard InChI is InChI=1S/C16H29N3/c1-16(13-17,18-2)10-5-6-11-19-12-9-14-7-3-4-8-15(14)19/h14-15,18H,3-12H2,1-2H3. The predicted molar refractivity (Wildman–Crippen MR) is 78.9 cm³/mol. The number of hydrogen-bond acceptors (Lipinski definition) is 3. The molecular formula is C16H29N3. The van der Waals surface area contributed by atoms with Gasteiger partial charge in [-0.15, -0.1) is 0 Å². The minimum absolute atomic E-state index is 0.335.